The predicted octanol–water partition coefficient (Wildman–Crippen LogP) is 1.82. The molecule has 0 atom stereocenters. The first-order valence-corrected chi connectivity index (χ1v) is 6.64. The van der Waals surface area contributed by atoms with Crippen molar-refractivity contribution in [3.8, 4) is 5.75 Å². The van der Waals surface area contributed by atoms with Crippen LogP contribution in [0, 0.1) is 4.77 Å². The molecule has 6 nitrogen and oxygen atoms in total. The van der Waals surface area contributed by atoms with Crippen LogP contribution in [0.15, 0.2) is 24.3 Å². The number of nitrogens with one attached hydrogen (secondary N) is 2. The molecule has 7 heteroatoms. The fraction of sp³-hybridized carbons (Fsp3) is 0.308. The number of carbonyl (C=O) groups is 1. The highest BCUT2D eigenvalue weighted by Crippen LogP contribution is 2.11. The topological polar surface area (TPSA) is 71.9 Å². The van der Waals surface area contributed by atoms with Gasteiger partial charge in [0.1, 0.15) is 5.75 Å². The first-order chi connectivity index (χ1) is 9.63. The number of methoxy groups -OCH3 is 1. The second kappa shape index (κ2) is 6.33. The van der Waals surface area contributed by atoms with Crippen molar-refractivity contribution >= 4 is 18.1 Å². The highest BCUT2D eigenvalue weighted by Gasteiger charge is 2.08. The van der Waals surface area contributed by atoms with E-state index in [1.807, 2.05) is 31.2 Å². The fourth-order valence-corrected chi connectivity index (χ4v) is 1.97. The molecule has 2 rings (SSSR count). The number of nitrogens with zero attached hydrogens (tertiary/aromatic N) is 2. The lowest BCUT2D eigenvalue weighted by molar-refractivity contribution is -0.116. The molecule has 0 aliphatic rings. The smallest absolute Gasteiger partial charge is 0.243 e. The standard InChI is InChI=1S/C13H16N4O2S/c1-3-11-14-15-13(20)17(11)16-12(18)8-9-4-6-10(19-2)7-5-9/h4-7H,3,8H2,1-2H3,(H,15,20)(H,16,18). The molecule has 20 heavy (non-hydrogen) atoms. The SMILES string of the molecule is CCc1n[nH]c(=S)n1NC(=O)Cc1ccc(OC)cc1. The summed E-state index contributed by atoms with van der Waals surface area (Å²) in [4.78, 5) is 12.0. The van der Waals surface area contributed by atoms with Crippen molar-refractivity contribution in [2.24, 2.45) is 0 Å². The van der Waals surface area contributed by atoms with E-state index in [1.165, 1.54) is 4.68 Å². The van der Waals surface area contributed by atoms with Gasteiger partial charge in [0.05, 0.1) is 13.5 Å². The first-order valence-electron chi connectivity index (χ1n) is 6.23. The minimum Gasteiger partial charge on any atom is -0.497 e. The third-order valence-corrected chi connectivity index (χ3v) is 3.09. The minimum atomic E-state index is -0.151. The third kappa shape index (κ3) is 3.24. The van der Waals surface area contributed by atoms with Gasteiger partial charge in [-0.3, -0.25) is 15.3 Å². The van der Waals surface area contributed by atoms with Crippen molar-refractivity contribution in [1.82, 2.24) is 14.9 Å². The molecule has 2 N–H and O–H groups in total. The molecular formula is C13H16N4O2S. The van der Waals surface area contributed by atoms with Crippen LogP contribution < -0.4 is 10.2 Å². The summed E-state index contributed by atoms with van der Waals surface area (Å²) in [6, 6.07) is 7.36. The summed E-state index contributed by atoms with van der Waals surface area (Å²) < 4.78 is 6.96. The summed E-state index contributed by atoms with van der Waals surface area (Å²) in [5.74, 6) is 1.31. The van der Waals surface area contributed by atoms with E-state index in [9.17, 15) is 4.79 Å². The number of aryl methyl sites for hydroxylation is 1. The number of H-pyrrole nitrogens is 1. The Labute approximate surface area is 121 Å². The van der Waals surface area contributed by atoms with Gasteiger partial charge in [0.15, 0.2) is 5.82 Å². The van der Waals surface area contributed by atoms with Crippen LogP contribution in [0.4, 0.5) is 0 Å². The van der Waals surface area contributed by atoms with Crippen molar-refractivity contribution in [2.45, 2.75) is 19.8 Å². The van der Waals surface area contributed by atoms with Crippen LogP contribution in [0.2, 0.25) is 0 Å². The number of aromatic nitrogens is 3. The lowest BCUT2D eigenvalue weighted by Gasteiger charge is -2.08. The molecular weight excluding hydrogens is 276 g/mol. The summed E-state index contributed by atoms with van der Waals surface area (Å²) in [6.07, 6.45) is 0.941. The zero-order valence-corrected chi connectivity index (χ0v) is 12.2. The Balaban J connectivity index is 2.04. The van der Waals surface area contributed by atoms with Gasteiger partial charge in [0.2, 0.25) is 10.7 Å². The number of rotatable bonds is 5. The van der Waals surface area contributed by atoms with Crippen molar-refractivity contribution in [2.75, 3.05) is 12.5 Å². The number of benzene rings is 1. The van der Waals surface area contributed by atoms with Crippen molar-refractivity contribution in [1.29, 1.82) is 0 Å². The van der Waals surface area contributed by atoms with Crippen LogP contribution >= 0.6 is 12.2 Å². The van der Waals surface area contributed by atoms with Gasteiger partial charge in [-0.1, -0.05) is 19.1 Å². The monoisotopic (exact) mass is 292 g/mol. The quantitative estimate of drug-likeness (QED) is 0.825. The number of hydrogen-bond donors (Lipinski definition) is 2. The Morgan fingerprint density at radius 1 is 1.45 bits per heavy atom. The maximum Gasteiger partial charge on any atom is 0.243 e. The fourth-order valence-electron chi connectivity index (χ4n) is 1.78. The molecule has 1 amide bonds. The lowest BCUT2D eigenvalue weighted by atomic mass is 10.1. The number of carbonyl (C=O) groups excluding carboxylic acids is 1. The summed E-state index contributed by atoms with van der Waals surface area (Å²) in [5.41, 5.74) is 3.63. The van der Waals surface area contributed by atoms with Crippen molar-refractivity contribution in [3.05, 3.63) is 40.4 Å². The zero-order chi connectivity index (χ0) is 14.5. The molecule has 0 spiro atoms. The largest absolute Gasteiger partial charge is 0.497 e. The van der Waals surface area contributed by atoms with Gasteiger partial charge in [-0.2, -0.15) is 5.10 Å². The second-order valence-electron chi connectivity index (χ2n) is 4.19. The number of amides is 1. The molecule has 0 aliphatic carbocycles. The highest BCUT2D eigenvalue weighted by molar-refractivity contribution is 7.71. The van der Waals surface area contributed by atoms with Crippen LogP contribution in [0.1, 0.15) is 18.3 Å². The molecule has 0 fully saturated rings. The van der Waals surface area contributed by atoms with Gasteiger partial charge in [0, 0.05) is 6.42 Å². The minimum absolute atomic E-state index is 0.151. The number of aromatic amines is 1. The maximum atomic E-state index is 12.0. The Morgan fingerprint density at radius 3 is 2.75 bits per heavy atom. The molecule has 0 bridgehead atoms. The van der Waals surface area contributed by atoms with Gasteiger partial charge in [-0.05, 0) is 29.9 Å². The molecule has 0 unspecified atom stereocenters. The Morgan fingerprint density at radius 2 is 2.15 bits per heavy atom. The summed E-state index contributed by atoms with van der Waals surface area (Å²) >= 11 is 5.07. The van der Waals surface area contributed by atoms with E-state index in [-0.39, 0.29) is 12.3 Å². The van der Waals surface area contributed by atoms with Gasteiger partial charge >= 0.3 is 0 Å². The van der Waals surface area contributed by atoms with Gasteiger partial charge in [-0.15, -0.1) is 0 Å². The van der Waals surface area contributed by atoms with Crippen LogP contribution in [0.5, 0.6) is 5.75 Å². The Hall–Kier alpha value is -2.15. The molecule has 2 aromatic rings. The molecule has 0 aliphatic heterocycles. The predicted molar refractivity (Wildman–Crippen MR) is 77.9 cm³/mol. The Kier molecular flexibility index (Phi) is 4.52. The van der Waals surface area contributed by atoms with Crippen LogP contribution in [-0.4, -0.2) is 27.9 Å². The zero-order valence-electron chi connectivity index (χ0n) is 11.3. The van der Waals surface area contributed by atoms with E-state index in [1.54, 1.807) is 7.11 Å². The normalized spacial score (nSPS) is 10.3. The average molecular weight is 292 g/mol. The van der Waals surface area contributed by atoms with E-state index < -0.39 is 0 Å². The Bertz CT molecular complexity index is 645. The summed E-state index contributed by atoms with van der Waals surface area (Å²) in [5, 5.41) is 6.69. The summed E-state index contributed by atoms with van der Waals surface area (Å²) in [7, 11) is 1.61. The highest BCUT2D eigenvalue weighted by atomic mass is 32.1. The maximum absolute atomic E-state index is 12.0. The molecule has 106 valence electrons. The molecule has 1 aromatic heterocycles. The molecule has 1 aromatic carbocycles. The van der Waals surface area contributed by atoms with Crippen LogP contribution in [-0.2, 0) is 17.6 Å². The number of ether oxygens (including phenoxy) is 1. The van der Waals surface area contributed by atoms with Gasteiger partial charge in [0.25, 0.3) is 0 Å². The van der Waals surface area contributed by atoms with Crippen molar-refractivity contribution < 1.29 is 9.53 Å². The van der Waals surface area contributed by atoms with E-state index in [2.05, 4.69) is 15.6 Å². The second-order valence-corrected chi connectivity index (χ2v) is 4.58. The third-order valence-electron chi connectivity index (χ3n) is 2.82. The van der Waals surface area contributed by atoms with Gasteiger partial charge in [-0.25, -0.2) is 4.68 Å². The van der Waals surface area contributed by atoms with Crippen LogP contribution in [0.25, 0.3) is 0 Å². The van der Waals surface area contributed by atoms with E-state index in [0.29, 0.717) is 17.0 Å². The van der Waals surface area contributed by atoms with Crippen LogP contribution in [0.3, 0.4) is 0 Å². The average Bonchev–Trinajstić information content (AvgIpc) is 2.80. The molecule has 0 radical (unpaired) electrons. The lowest BCUT2D eigenvalue weighted by Crippen LogP contribution is -2.26. The van der Waals surface area contributed by atoms with Gasteiger partial charge < -0.3 is 4.74 Å². The van der Waals surface area contributed by atoms with E-state index in [4.69, 9.17) is 17.0 Å². The molecule has 0 saturated carbocycles. The van der Waals surface area contributed by atoms with Crippen molar-refractivity contribution in [3.63, 3.8) is 0 Å². The van der Waals surface area contributed by atoms with E-state index >= 15 is 0 Å². The van der Waals surface area contributed by atoms with E-state index in [0.717, 1.165) is 11.3 Å². The molecule has 1 heterocycles. The summed E-state index contributed by atoms with van der Waals surface area (Å²) in [6.45, 7) is 1.94. The molecule has 0 saturated heterocycles. The first kappa shape index (κ1) is 14.3. The number of hydrogen-bond acceptors (Lipinski definition) is 4.